The van der Waals surface area contributed by atoms with E-state index in [9.17, 15) is 9.59 Å². The van der Waals surface area contributed by atoms with Gasteiger partial charge in [0, 0.05) is 25.4 Å². The average molecular weight is 292 g/mol. The Morgan fingerprint density at radius 3 is 2.57 bits per heavy atom. The van der Waals surface area contributed by atoms with Crippen molar-refractivity contribution in [2.75, 3.05) is 25.0 Å². The first-order chi connectivity index (χ1) is 10.0. The highest BCUT2D eigenvalue weighted by atomic mass is 16.4. The van der Waals surface area contributed by atoms with Crippen molar-refractivity contribution < 1.29 is 19.8 Å². The van der Waals surface area contributed by atoms with E-state index in [2.05, 4.69) is 5.32 Å². The van der Waals surface area contributed by atoms with Crippen molar-refractivity contribution in [2.45, 2.75) is 19.8 Å². The van der Waals surface area contributed by atoms with E-state index in [0.29, 0.717) is 24.3 Å². The van der Waals surface area contributed by atoms with Gasteiger partial charge in [-0.25, -0.2) is 9.59 Å². The summed E-state index contributed by atoms with van der Waals surface area (Å²) in [5, 5.41) is 20.9. The van der Waals surface area contributed by atoms with Crippen LogP contribution in [-0.2, 0) is 0 Å². The molecule has 0 saturated carbocycles. The van der Waals surface area contributed by atoms with Crippen LogP contribution in [0.3, 0.4) is 0 Å². The van der Waals surface area contributed by atoms with Gasteiger partial charge < -0.3 is 20.4 Å². The van der Waals surface area contributed by atoms with Crippen molar-refractivity contribution in [3.8, 4) is 0 Å². The average Bonchev–Trinajstić information content (AvgIpc) is 2.49. The Labute approximate surface area is 123 Å². The summed E-state index contributed by atoms with van der Waals surface area (Å²) in [5.41, 5.74) is 1.25. The molecule has 0 spiro atoms. The van der Waals surface area contributed by atoms with Crippen LogP contribution in [0.2, 0.25) is 0 Å². The molecule has 1 aromatic rings. The molecule has 21 heavy (non-hydrogen) atoms. The van der Waals surface area contributed by atoms with Gasteiger partial charge in [0.15, 0.2) is 0 Å². The van der Waals surface area contributed by atoms with Gasteiger partial charge in [-0.3, -0.25) is 0 Å². The second-order valence-electron chi connectivity index (χ2n) is 5.33. The molecular formula is C15H20N2O4. The fourth-order valence-electron chi connectivity index (χ4n) is 2.52. The summed E-state index contributed by atoms with van der Waals surface area (Å²) < 4.78 is 0. The Bertz CT molecular complexity index is 536. The van der Waals surface area contributed by atoms with Crippen LogP contribution in [0, 0.1) is 12.8 Å². The number of carbonyl (C=O) groups is 2. The lowest BCUT2D eigenvalue weighted by Gasteiger charge is -2.31. The number of carbonyl (C=O) groups excluding carboxylic acids is 1. The highest BCUT2D eigenvalue weighted by molar-refractivity contribution is 5.95. The normalized spacial score (nSPS) is 15.8. The molecule has 0 aliphatic carbocycles. The van der Waals surface area contributed by atoms with Crippen LogP contribution in [0.5, 0.6) is 0 Å². The van der Waals surface area contributed by atoms with E-state index < -0.39 is 5.97 Å². The molecule has 1 fully saturated rings. The number of aliphatic hydroxyl groups excluding tert-OH is 1. The molecule has 0 radical (unpaired) electrons. The number of likely N-dealkylation sites (tertiary alicyclic amines) is 1. The maximum Gasteiger partial charge on any atom is 0.336 e. The zero-order valence-electron chi connectivity index (χ0n) is 12.0. The summed E-state index contributed by atoms with van der Waals surface area (Å²) in [6, 6.07) is 4.60. The van der Waals surface area contributed by atoms with Crippen LogP contribution >= 0.6 is 0 Å². The zero-order valence-corrected chi connectivity index (χ0v) is 12.0. The van der Waals surface area contributed by atoms with Crippen LogP contribution in [0.15, 0.2) is 18.2 Å². The highest BCUT2D eigenvalue weighted by Gasteiger charge is 2.23. The number of benzene rings is 1. The lowest BCUT2D eigenvalue weighted by Crippen LogP contribution is -2.41. The molecule has 1 saturated heterocycles. The fourth-order valence-corrected chi connectivity index (χ4v) is 2.52. The molecule has 2 rings (SSSR count). The standard InChI is InChI=1S/C15H20N2O4/c1-10-12(14(19)20)3-2-4-13(10)16-15(21)17-7-5-11(9-18)6-8-17/h2-4,11,18H,5-9H2,1H3,(H,16,21)(H,19,20). The second-order valence-corrected chi connectivity index (χ2v) is 5.33. The maximum absolute atomic E-state index is 12.2. The minimum absolute atomic E-state index is 0.162. The molecule has 0 aromatic heterocycles. The minimum atomic E-state index is -1.01. The molecule has 0 bridgehead atoms. The number of piperidine rings is 1. The Balaban J connectivity index is 2.03. The highest BCUT2D eigenvalue weighted by Crippen LogP contribution is 2.21. The Morgan fingerprint density at radius 1 is 1.33 bits per heavy atom. The first-order valence-electron chi connectivity index (χ1n) is 7.02. The van der Waals surface area contributed by atoms with Crippen LogP contribution in [-0.4, -0.2) is 46.8 Å². The minimum Gasteiger partial charge on any atom is -0.478 e. The van der Waals surface area contributed by atoms with E-state index in [4.69, 9.17) is 10.2 Å². The third-order valence-corrected chi connectivity index (χ3v) is 3.97. The van der Waals surface area contributed by atoms with Gasteiger partial charge in [0.1, 0.15) is 0 Å². The molecule has 3 N–H and O–H groups in total. The van der Waals surface area contributed by atoms with Crippen molar-refractivity contribution in [3.63, 3.8) is 0 Å². The summed E-state index contributed by atoms with van der Waals surface area (Å²) in [6.07, 6.45) is 1.58. The predicted molar refractivity (Wildman–Crippen MR) is 78.5 cm³/mol. The first kappa shape index (κ1) is 15.3. The first-order valence-corrected chi connectivity index (χ1v) is 7.02. The Morgan fingerprint density at radius 2 is 2.00 bits per heavy atom. The summed E-state index contributed by atoms with van der Waals surface area (Å²) in [4.78, 5) is 25.0. The number of nitrogens with one attached hydrogen (secondary N) is 1. The molecule has 1 aromatic carbocycles. The third-order valence-electron chi connectivity index (χ3n) is 3.97. The lowest BCUT2D eigenvalue weighted by atomic mass is 9.98. The number of urea groups is 1. The van der Waals surface area contributed by atoms with Gasteiger partial charge in [0.2, 0.25) is 0 Å². The molecule has 1 heterocycles. The van der Waals surface area contributed by atoms with Gasteiger partial charge in [-0.05, 0) is 43.4 Å². The third kappa shape index (κ3) is 3.52. The van der Waals surface area contributed by atoms with E-state index in [1.807, 2.05) is 0 Å². The molecule has 1 aliphatic heterocycles. The fraction of sp³-hybridized carbons (Fsp3) is 0.467. The lowest BCUT2D eigenvalue weighted by molar-refractivity contribution is 0.0696. The van der Waals surface area contributed by atoms with Gasteiger partial charge in [0.25, 0.3) is 0 Å². The van der Waals surface area contributed by atoms with E-state index >= 15 is 0 Å². The van der Waals surface area contributed by atoms with E-state index in [1.54, 1.807) is 24.0 Å². The number of rotatable bonds is 3. The van der Waals surface area contributed by atoms with Crippen molar-refractivity contribution >= 4 is 17.7 Å². The van der Waals surface area contributed by atoms with Gasteiger partial charge in [-0.2, -0.15) is 0 Å². The number of carboxylic acids is 1. The summed E-state index contributed by atoms with van der Waals surface area (Å²) in [7, 11) is 0. The number of hydrogen-bond donors (Lipinski definition) is 3. The number of amides is 2. The van der Waals surface area contributed by atoms with E-state index in [0.717, 1.165) is 12.8 Å². The quantitative estimate of drug-likeness (QED) is 0.794. The topological polar surface area (TPSA) is 89.9 Å². The van der Waals surface area contributed by atoms with Crippen molar-refractivity contribution in [1.29, 1.82) is 0 Å². The number of aromatic carboxylic acids is 1. The van der Waals surface area contributed by atoms with Crippen LogP contribution in [0.4, 0.5) is 10.5 Å². The van der Waals surface area contributed by atoms with E-state index in [1.165, 1.54) is 6.07 Å². The van der Waals surface area contributed by atoms with Gasteiger partial charge >= 0.3 is 12.0 Å². The Kier molecular flexibility index (Phi) is 4.80. The number of nitrogens with zero attached hydrogens (tertiary/aromatic N) is 1. The van der Waals surface area contributed by atoms with Gasteiger partial charge in [-0.15, -0.1) is 0 Å². The molecule has 2 amide bonds. The summed E-state index contributed by atoms with van der Waals surface area (Å²) >= 11 is 0. The molecule has 0 unspecified atom stereocenters. The smallest absolute Gasteiger partial charge is 0.336 e. The van der Waals surface area contributed by atoms with Crippen molar-refractivity contribution in [2.24, 2.45) is 5.92 Å². The molecule has 0 atom stereocenters. The monoisotopic (exact) mass is 292 g/mol. The molecule has 6 nitrogen and oxygen atoms in total. The molecule has 6 heteroatoms. The van der Waals surface area contributed by atoms with Crippen molar-refractivity contribution in [3.05, 3.63) is 29.3 Å². The molecule has 1 aliphatic rings. The maximum atomic E-state index is 12.2. The second kappa shape index (κ2) is 6.58. The number of hydrogen-bond acceptors (Lipinski definition) is 3. The van der Waals surface area contributed by atoms with Gasteiger partial charge in [-0.1, -0.05) is 6.07 Å². The van der Waals surface area contributed by atoms with Crippen molar-refractivity contribution in [1.82, 2.24) is 4.90 Å². The Hall–Kier alpha value is -2.08. The largest absolute Gasteiger partial charge is 0.478 e. The van der Waals surface area contributed by atoms with E-state index in [-0.39, 0.29) is 24.1 Å². The number of carboxylic acid groups (broad SMARTS) is 1. The van der Waals surface area contributed by atoms with Crippen LogP contribution < -0.4 is 5.32 Å². The number of anilines is 1. The number of aliphatic hydroxyl groups is 1. The molecular weight excluding hydrogens is 272 g/mol. The van der Waals surface area contributed by atoms with Crippen LogP contribution in [0.1, 0.15) is 28.8 Å². The SMILES string of the molecule is Cc1c(NC(=O)N2CCC(CO)CC2)cccc1C(=O)O. The zero-order chi connectivity index (χ0) is 15.4. The summed E-state index contributed by atoms with van der Waals surface area (Å²) in [6.45, 7) is 3.05. The van der Waals surface area contributed by atoms with Gasteiger partial charge in [0.05, 0.1) is 5.56 Å². The van der Waals surface area contributed by atoms with Crippen LogP contribution in [0.25, 0.3) is 0 Å². The molecule has 114 valence electrons. The summed E-state index contributed by atoms with van der Waals surface area (Å²) in [5.74, 6) is -0.738. The predicted octanol–water partition coefficient (Wildman–Crippen LogP) is 1.93.